The van der Waals surface area contributed by atoms with E-state index >= 15 is 0 Å². The van der Waals surface area contributed by atoms with Crippen LogP contribution in [-0.2, 0) is 19.1 Å². The molecular formula is C18H32O4. The molecule has 0 N–H and O–H groups in total. The van der Waals surface area contributed by atoms with Crippen LogP contribution in [0.3, 0.4) is 0 Å². The first-order valence-corrected chi connectivity index (χ1v) is 7.97. The Hall–Kier alpha value is -1.32. The molecule has 0 amide bonds. The molecule has 0 aromatic rings. The van der Waals surface area contributed by atoms with Gasteiger partial charge >= 0.3 is 11.9 Å². The van der Waals surface area contributed by atoms with E-state index in [1.807, 2.05) is 41.5 Å². The van der Waals surface area contributed by atoms with E-state index in [1.165, 1.54) is 0 Å². The summed E-state index contributed by atoms with van der Waals surface area (Å²) < 4.78 is 10.3. The molecule has 0 aromatic carbocycles. The summed E-state index contributed by atoms with van der Waals surface area (Å²) >= 11 is 0. The molecule has 0 heterocycles. The number of carbonyl (C=O) groups excluding carboxylic acids is 2. The summed E-state index contributed by atoms with van der Waals surface area (Å²) in [5, 5.41) is 0. The van der Waals surface area contributed by atoms with E-state index in [2.05, 4.69) is 0 Å². The van der Waals surface area contributed by atoms with Crippen molar-refractivity contribution < 1.29 is 19.1 Å². The largest absolute Gasteiger partial charge is 0.463 e. The Kier molecular flexibility index (Phi) is 7.85. The second-order valence-electron chi connectivity index (χ2n) is 7.87. The van der Waals surface area contributed by atoms with Gasteiger partial charge in [-0.25, -0.2) is 9.59 Å². The lowest BCUT2D eigenvalue weighted by atomic mass is 9.81. The molecule has 128 valence electrons. The molecule has 0 aliphatic carbocycles. The van der Waals surface area contributed by atoms with Gasteiger partial charge in [0.2, 0.25) is 0 Å². The predicted octanol–water partition coefficient (Wildman–Crippen LogP) is 4.28. The topological polar surface area (TPSA) is 52.6 Å². The summed E-state index contributed by atoms with van der Waals surface area (Å²) in [5.74, 6) is -0.825. The van der Waals surface area contributed by atoms with Crippen LogP contribution in [0.5, 0.6) is 0 Å². The third-order valence-corrected chi connectivity index (χ3v) is 2.82. The van der Waals surface area contributed by atoms with Crippen molar-refractivity contribution >= 4 is 11.9 Å². The second-order valence-corrected chi connectivity index (χ2v) is 7.87. The first-order chi connectivity index (χ1) is 9.91. The van der Waals surface area contributed by atoms with Crippen molar-refractivity contribution in [3.05, 3.63) is 11.1 Å². The van der Waals surface area contributed by atoms with E-state index < -0.39 is 11.9 Å². The van der Waals surface area contributed by atoms with Gasteiger partial charge in [-0.15, -0.1) is 0 Å². The minimum Gasteiger partial charge on any atom is -0.463 e. The molecule has 0 aromatic heterocycles. The summed E-state index contributed by atoms with van der Waals surface area (Å²) in [6.45, 7) is 16.3. The average molecular weight is 312 g/mol. The van der Waals surface area contributed by atoms with Crippen LogP contribution in [0.1, 0.15) is 68.2 Å². The van der Waals surface area contributed by atoms with Crippen LogP contribution >= 0.6 is 0 Å². The molecule has 0 saturated carbocycles. The molecule has 0 aliphatic heterocycles. The van der Waals surface area contributed by atoms with Gasteiger partial charge < -0.3 is 9.47 Å². The number of ether oxygens (including phenoxy) is 2. The zero-order valence-corrected chi connectivity index (χ0v) is 15.5. The van der Waals surface area contributed by atoms with Crippen LogP contribution in [0, 0.1) is 10.8 Å². The third-order valence-electron chi connectivity index (χ3n) is 2.82. The van der Waals surface area contributed by atoms with E-state index in [1.54, 1.807) is 13.8 Å². The molecule has 4 heteroatoms. The van der Waals surface area contributed by atoms with Crippen LogP contribution in [0.2, 0.25) is 0 Å². The SMILES string of the molecule is CCOC(=O)C(CC(C)(C)C)=C(CC(C)(C)C)C(=O)OCC. The smallest absolute Gasteiger partial charge is 0.334 e. The monoisotopic (exact) mass is 312 g/mol. The van der Waals surface area contributed by atoms with Gasteiger partial charge in [-0.1, -0.05) is 41.5 Å². The zero-order valence-electron chi connectivity index (χ0n) is 15.5. The summed E-state index contributed by atoms with van der Waals surface area (Å²) in [7, 11) is 0. The molecular weight excluding hydrogens is 280 g/mol. The van der Waals surface area contributed by atoms with Gasteiger partial charge in [-0.3, -0.25) is 0 Å². The Bertz CT molecular complexity index is 379. The second kappa shape index (κ2) is 8.35. The van der Waals surface area contributed by atoms with Gasteiger partial charge in [0, 0.05) is 11.1 Å². The Morgan fingerprint density at radius 2 is 0.955 bits per heavy atom. The predicted molar refractivity (Wildman–Crippen MR) is 88.4 cm³/mol. The molecule has 0 bridgehead atoms. The molecule has 0 radical (unpaired) electrons. The Labute approximate surface area is 135 Å². The molecule has 0 aliphatic rings. The van der Waals surface area contributed by atoms with E-state index in [-0.39, 0.29) is 24.0 Å². The first kappa shape index (κ1) is 20.7. The fourth-order valence-electron chi connectivity index (χ4n) is 2.10. The van der Waals surface area contributed by atoms with Gasteiger partial charge in [-0.2, -0.15) is 0 Å². The normalized spacial score (nSPS) is 13.5. The summed E-state index contributed by atoms with van der Waals surface area (Å²) in [4.78, 5) is 24.7. The van der Waals surface area contributed by atoms with Gasteiger partial charge in [0.1, 0.15) is 0 Å². The highest BCUT2D eigenvalue weighted by molar-refractivity contribution is 6.00. The molecule has 0 unspecified atom stereocenters. The maximum atomic E-state index is 12.4. The standard InChI is InChI=1S/C18H32O4/c1-9-21-15(19)13(11-17(3,4)5)14(12-18(6,7)8)16(20)22-10-2/h9-12H2,1-8H3. The van der Waals surface area contributed by atoms with Crippen molar-refractivity contribution in [1.82, 2.24) is 0 Å². The quantitative estimate of drug-likeness (QED) is 0.542. The van der Waals surface area contributed by atoms with Crippen LogP contribution in [0.15, 0.2) is 11.1 Å². The summed E-state index contributed by atoms with van der Waals surface area (Å²) in [6.07, 6.45) is 0.964. The molecule has 0 saturated heterocycles. The molecule has 4 nitrogen and oxygen atoms in total. The van der Waals surface area contributed by atoms with Gasteiger partial charge in [0.15, 0.2) is 0 Å². The fraction of sp³-hybridized carbons (Fsp3) is 0.778. The third kappa shape index (κ3) is 8.20. The average Bonchev–Trinajstić information content (AvgIpc) is 2.31. The van der Waals surface area contributed by atoms with Crippen molar-refractivity contribution in [2.45, 2.75) is 68.2 Å². The Balaban J connectivity index is 5.92. The van der Waals surface area contributed by atoms with Crippen LogP contribution < -0.4 is 0 Å². The van der Waals surface area contributed by atoms with Crippen molar-refractivity contribution in [2.24, 2.45) is 10.8 Å². The molecule has 0 atom stereocenters. The van der Waals surface area contributed by atoms with E-state index in [4.69, 9.17) is 9.47 Å². The van der Waals surface area contributed by atoms with Crippen molar-refractivity contribution in [3.63, 3.8) is 0 Å². The number of esters is 2. The summed E-state index contributed by atoms with van der Waals surface area (Å²) in [6, 6.07) is 0. The highest BCUT2D eigenvalue weighted by atomic mass is 16.5. The lowest BCUT2D eigenvalue weighted by Gasteiger charge is -2.25. The molecule has 0 rings (SSSR count). The maximum absolute atomic E-state index is 12.4. The van der Waals surface area contributed by atoms with Crippen molar-refractivity contribution in [1.29, 1.82) is 0 Å². The van der Waals surface area contributed by atoms with Crippen molar-refractivity contribution in [2.75, 3.05) is 13.2 Å². The lowest BCUT2D eigenvalue weighted by Crippen LogP contribution is -2.23. The van der Waals surface area contributed by atoms with E-state index in [9.17, 15) is 9.59 Å². The Morgan fingerprint density at radius 1 is 0.682 bits per heavy atom. The maximum Gasteiger partial charge on any atom is 0.334 e. The number of rotatable bonds is 6. The highest BCUT2D eigenvalue weighted by Gasteiger charge is 2.29. The molecule has 22 heavy (non-hydrogen) atoms. The minimum atomic E-state index is -0.412. The summed E-state index contributed by atoms with van der Waals surface area (Å²) in [5.41, 5.74) is 0.639. The van der Waals surface area contributed by atoms with Gasteiger partial charge in [0.05, 0.1) is 13.2 Å². The number of hydrogen-bond donors (Lipinski definition) is 0. The lowest BCUT2D eigenvalue weighted by molar-refractivity contribution is -0.142. The van der Waals surface area contributed by atoms with Crippen molar-refractivity contribution in [3.8, 4) is 0 Å². The zero-order chi connectivity index (χ0) is 17.6. The Morgan fingerprint density at radius 3 is 1.14 bits per heavy atom. The van der Waals surface area contributed by atoms with Gasteiger partial charge in [0.25, 0.3) is 0 Å². The number of carbonyl (C=O) groups is 2. The van der Waals surface area contributed by atoms with Crippen LogP contribution in [-0.4, -0.2) is 25.2 Å². The molecule has 0 spiro atoms. The molecule has 0 fully saturated rings. The minimum absolute atomic E-state index is 0.127. The highest BCUT2D eigenvalue weighted by Crippen LogP contribution is 2.33. The van der Waals surface area contributed by atoms with E-state index in [0.29, 0.717) is 24.0 Å². The first-order valence-electron chi connectivity index (χ1n) is 7.97. The van der Waals surface area contributed by atoms with E-state index in [0.717, 1.165) is 0 Å². The van der Waals surface area contributed by atoms with Crippen LogP contribution in [0.25, 0.3) is 0 Å². The fourth-order valence-corrected chi connectivity index (χ4v) is 2.10. The van der Waals surface area contributed by atoms with Crippen LogP contribution in [0.4, 0.5) is 0 Å². The van der Waals surface area contributed by atoms with Gasteiger partial charge in [-0.05, 0) is 37.5 Å². The number of hydrogen-bond acceptors (Lipinski definition) is 4.